The van der Waals surface area contributed by atoms with Crippen molar-refractivity contribution in [3.05, 3.63) is 0 Å². The highest BCUT2D eigenvalue weighted by Gasteiger charge is 2.32. The molecule has 3 N–H and O–H groups in total. The van der Waals surface area contributed by atoms with Crippen molar-refractivity contribution in [2.75, 3.05) is 11.5 Å². The van der Waals surface area contributed by atoms with E-state index in [-0.39, 0.29) is 35.4 Å². The maximum Gasteiger partial charge on any atom is 0.315 e. The Morgan fingerprint density at radius 2 is 1.71 bits per heavy atom. The van der Waals surface area contributed by atoms with Gasteiger partial charge in [-0.25, -0.2) is 13.2 Å². The first-order valence-corrected chi connectivity index (χ1v) is 9.17. The van der Waals surface area contributed by atoms with E-state index in [9.17, 15) is 18.0 Å². The third-order valence-electron chi connectivity index (χ3n) is 3.73. The maximum atomic E-state index is 12.1. The average molecular weight is 317 g/mol. The highest BCUT2D eigenvalue weighted by atomic mass is 32.2. The van der Waals surface area contributed by atoms with Crippen LogP contribution in [0.3, 0.4) is 0 Å². The number of carbonyl (C=O) groups excluding carboxylic acids is 2. The number of nitrogens with one attached hydrogen (secondary N) is 3. The maximum absolute atomic E-state index is 12.1. The summed E-state index contributed by atoms with van der Waals surface area (Å²) in [4.78, 5) is 24.0. The predicted molar refractivity (Wildman–Crippen MR) is 78.5 cm³/mol. The Morgan fingerprint density at radius 1 is 1.05 bits per heavy atom. The third-order valence-corrected chi connectivity index (χ3v) is 5.50. The Balaban J connectivity index is 1.84. The van der Waals surface area contributed by atoms with Gasteiger partial charge in [-0.2, -0.15) is 0 Å². The van der Waals surface area contributed by atoms with E-state index < -0.39 is 21.9 Å². The molecule has 21 heavy (non-hydrogen) atoms. The Bertz CT molecular complexity index is 514. The van der Waals surface area contributed by atoms with Crippen molar-refractivity contribution in [1.82, 2.24) is 16.0 Å². The highest BCUT2D eigenvalue weighted by Crippen LogP contribution is 2.19. The van der Waals surface area contributed by atoms with Crippen molar-refractivity contribution in [2.24, 2.45) is 5.92 Å². The SMILES string of the molecule is CC(C)[C@H](NC(=O)NC1CCS(=O)(=O)C1)C(=O)NC1CC1. The molecule has 1 saturated carbocycles. The summed E-state index contributed by atoms with van der Waals surface area (Å²) in [5.74, 6) is -0.141. The number of carbonyl (C=O) groups is 2. The molecule has 7 nitrogen and oxygen atoms in total. The predicted octanol–water partition coefficient (Wildman–Crippen LogP) is -0.224. The molecule has 2 rings (SSSR count). The van der Waals surface area contributed by atoms with Gasteiger partial charge in [0.1, 0.15) is 6.04 Å². The summed E-state index contributed by atoms with van der Waals surface area (Å²) in [6.07, 6.45) is 2.40. The topological polar surface area (TPSA) is 104 Å². The number of rotatable bonds is 5. The van der Waals surface area contributed by atoms with Gasteiger partial charge in [0, 0.05) is 12.1 Å². The summed E-state index contributed by atoms with van der Waals surface area (Å²) >= 11 is 0. The number of urea groups is 1. The fourth-order valence-corrected chi connectivity index (χ4v) is 4.00. The van der Waals surface area contributed by atoms with Gasteiger partial charge in [0.05, 0.1) is 11.5 Å². The first-order chi connectivity index (χ1) is 9.77. The van der Waals surface area contributed by atoms with Crippen LogP contribution in [0.2, 0.25) is 0 Å². The second-order valence-corrected chi connectivity index (χ2v) is 8.45. The quantitative estimate of drug-likeness (QED) is 0.652. The van der Waals surface area contributed by atoms with Crippen LogP contribution in [-0.2, 0) is 14.6 Å². The average Bonchev–Trinajstić information content (AvgIpc) is 3.10. The lowest BCUT2D eigenvalue weighted by atomic mass is 10.0. The molecular formula is C13H23N3O4S. The molecule has 8 heteroatoms. The number of hydrogen-bond acceptors (Lipinski definition) is 4. The minimum absolute atomic E-state index is 0.0268. The van der Waals surface area contributed by atoms with Gasteiger partial charge in [-0.1, -0.05) is 13.8 Å². The van der Waals surface area contributed by atoms with Gasteiger partial charge in [-0.05, 0) is 25.2 Å². The molecule has 120 valence electrons. The number of hydrogen-bond donors (Lipinski definition) is 3. The zero-order valence-electron chi connectivity index (χ0n) is 12.4. The van der Waals surface area contributed by atoms with Gasteiger partial charge in [0.25, 0.3) is 0 Å². The van der Waals surface area contributed by atoms with E-state index in [1.165, 1.54) is 0 Å². The van der Waals surface area contributed by atoms with Crippen molar-refractivity contribution < 1.29 is 18.0 Å². The van der Waals surface area contributed by atoms with Crippen LogP contribution in [-0.4, -0.2) is 50.0 Å². The van der Waals surface area contributed by atoms with Crippen LogP contribution in [0.1, 0.15) is 33.1 Å². The molecule has 1 aliphatic carbocycles. The van der Waals surface area contributed by atoms with E-state index in [0.717, 1.165) is 12.8 Å². The normalized spacial score (nSPS) is 25.4. The lowest BCUT2D eigenvalue weighted by Crippen LogP contribution is -2.54. The molecule has 0 spiro atoms. The summed E-state index contributed by atoms with van der Waals surface area (Å²) < 4.78 is 22.7. The molecule has 1 heterocycles. The first kappa shape index (κ1) is 16.1. The summed E-state index contributed by atoms with van der Waals surface area (Å²) in [6, 6.07) is -1.22. The molecule has 2 aliphatic rings. The molecule has 1 unspecified atom stereocenters. The highest BCUT2D eigenvalue weighted by molar-refractivity contribution is 7.91. The zero-order valence-corrected chi connectivity index (χ0v) is 13.2. The molecule has 2 fully saturated rings. The van der Waals surface area contributed by atoms with Gasteiger partial charge in [-0.3, -0.25) is 4.79 Å². The lowest BCUT2D eigenvalue weighted by molar-refractivity contribution is -0.124. The van der Waals surface area contributed by atoms with Crippen LogP contribution < -0.4 is 16.0 Å². The molecule has 0 radical (unpaired) electrons. The summed E-state index contributed by atoms with van der Waals surface area (Å²) in [6.45, 7) is 3.72. The summed E-state index contributed by atoms with van der Waals surface area (Å²) in [5.41, 5.74) is 0. The monoisotopic (exact) mass is 317 g/mol. The van der Waals surface area contributed by atoms with Crippen LogP contribution in [0, 0.1) is 5.92 Å². The summed E-state index contributed by atoms with van der Waals surface area (Å²) in [7, 11) is -3.03. The molecule has 1 saturated heterocycles. The van der Waals surface area contributed by atoms with Gasteiger partial charge in [-0.15, -0.1) is 0 Å². The van der Waals surface area contributed by atoms with E-state index in [0.29, 0.717) is 6.42 Å². The molecule has 1 aliphatic heterocycles. The zero-order chi connectivity index (χ0) is 15.6. The molecule has 0 bridgehead atoms. The molecule has 0 aromatic carbocycles. The Labute approximate surface area is 125 Å². The minimum Gasteiger partial charge on any atom is -0.352 e. The second-order valence-electron chi connectivity index (χ2n) is 6.22. The third kappa shape index (κ3) is 4.87. The molecular weight excluding hydrogens is 294 g/mol. The van der Waals surface area contributed by atoms with Crippen molar-refractivity contribution in [1.29, 1.82) is 0 Å². The van der Waals surface area contributed by atoms with Crippen molar-refractivity contribution in [2.45, 2.75) is 51.2 Å². The van der Waals surface area contributed by atoms with Crippen molar-refractivity contribution in [3.8, 4) is 0 Å². The van der Waals surface area contributed by atoms with Crippen LogP contribution in [0.25, 0.3) is 0 Å². The first-order valence-electron chi connectivity index (χ1n) is 7.34. The molecule has 0 aromatic heterocycles. The standard InChI is InChI=1S/C13H23N3O4S/c1-8(2)11(12(17)14-9-3-4-9)16-13(18)15-10-5-6-21(19,20)7-10/h8-11H,3-7H2,1-2H3,(H,14,17)(H2,15,16,18)/t10?,11-/m0/s1. The summed E-state index contributed by atoms with van der Waals surface area (Å²) in [5, 5.41) is 8.15. The van der Waals surface area contributed by atoms with E-state index in [1.54, 1.807) is 0 Å². The Morgan fingerprint density at radius 3 is 2.19 bits per heavy atom. The van der Waals surface area contributed by atoms with Crippen molar-refractivity contribution >= 4 is 21.8 Å². The van der Waals surface area contributed by atoms with Gasteiger partial charge < -0.3 is 16.0 Å². The fourth-order valence-electron chi connectivity index (χ4n) is 2.33. The second kappa shape index (κ2) is 6.21. The number of amides is 3. The number of sulfone groups is 1. The Hall–Kier alpha value is -1.31. The van der Waals surface area contributed by atoms with Gasteiger partial charge in [0.2, 0.25) is 5.91 Å². The minimum atomic E-state index is -3.03. The fraction of sp³-hybridized carbons (Fsp3) is 0.846. The van der Waals surface area contributed by atoms with E-state index >= 15 is 0 Å². The van der Waals surface area contributed by atoms with E-state index in [1.807, 2.05) is 13.8 Å². The van der Waals surface area contributed by atoms with Gasteiger partial charge >= 0.3 is 6.03 Å². The van der Waals surface area contributed by atoms with Crippen molar-refractivity contribution in [3.63, 3.8) is 0 Å². The van der Waals surface area contributed by atoms with Gasteiger partial charge in [0.15, 0.2) is 9.84 Å². The van der Waals surface area contributed by atoms with Crippen LogP contribution in [0.15, 0.2) is 0 Å². The molecule has 0 aromatic rings. The van der Waals surface area contributed by atoms with Crippen LogP contribution in [0.4, 0.5) is 4.79 Å². The van der Waals surface area contributed by atoms with E-state index in [4.69, 9.17) is 0 Å². The molecule has 3 amide bonds. The Kier molecular flexibility index (Phi) is 4.75. The smallest absolute Gasteiger partial charge is 0.315 e. The van der Waals surface area contributed by atoms with E-state index in [2.05, 4.69) is 16.0 Å². The largest absolute Gasteiger partial charge is 0.352 e. The molecule has 2 atom stereocenters. The van der Waals surface area contributed by atoms with Crippen LogP contribution in [0.5, 0.6) is 0 Å². The lowest BCUT2D eigenvalue weighted by Gasteiger charge is -2.23. The van der Waals surface area contributed by atoms with Crippen LogP contribution >= 0.6 is 0 Å².